The lowest BCUT2D eigenvalue weighted by Crippen LogP contribution is -2.43. The van der Waals surface area contributed by atoms with Gasteiger partial charge in [-0.25, -0.2) is 4.79 Å². The lowest BCUT2D eigenvalue weighted by molar-refractivity contribution is -0.141. The van der Waals surface area contributed by atoms with E-state index in [0.29, 0.717) is 12.0 Å². The first-order valence-electron chi connectivity index (χ1n) is 5.99. The van der Waals surface area contributed by atoms with Crippen LogP contribution in [0.4, 0.5) is 0 Å². The van der Waals surface area contributed by atoms with E-state index in [0.717, 1.165) is 31.5 Å². The van der Waals surface area contributed by atoms with E-state index in [1.165, 1.54) is 0 Å². The zero-order valence-corrected chi connectivity index (χ0v) is 10.4. The lowest BCUT2D eigenvalue weighted by atomic mass is 10.0. The van der Waals surface area contributed by atoms with Crippen molar-refractivity contribution in [3.05, 3.63) is 11.1 Å². The van der Waals surface area contributed by atoms with Gasteiger partial charge in [0.2, 0.25) is 5.91 Å². The van der Waals surface area contributed by atoms with Gasteiger partial charge >= 0.3 is 5.97 Å². The molecule has 1 aliphatic heterocycles. The molecule has 3 N–H and O–H groups in total. The largest absolute Gasteiger partial charge is 0.480 e. The van der Waals surface area contributed by atoms with Gasteiger partial charge in [0, 0.05) is 18.7 Å². The molecule has 1 rings (SSSR count). The van der Waals surface area contributed by atoms with Crippen molar-refractivity contribution in [3.63, 3.8) is 0 Å². The van der Waals surface area contributed by atoms with E-state index in [-0.39, 0.29) is 5.91 Å². The summed E-state index contributed by atoms with van der Waals surface area (Å²) in [4.78, 5) is 22.8. The van der Waals surface area contributed by atoms with Crippen LogP contribution < -0.4 is 10.6 Å². The second-order valence-corrected chi connectivity index (χ2v) is 4.34. The average molecular weight is 240 g/mol. The van der Waals surface area contributed by atoms with Crippen LogP contribution in [-0.2, 0) is 9.59 Å². The number of aliphatic carboxylic acids is 1. The smallest absolute Gasteiger partial charge is 0.326 e. The van der Waals surface area contributed by atoms with Gasteiger partial charge in [-0.1, -0.05) is 19.8 Å². The maximum absolute atomic E-state index is 11.8. The summed E-state index contributed by atoms with van der Waals surface area (Å²) in [7, 11) is 0. The Morgan fingerprint density at radius 3 is 2.53 bits per heavy atom. The topological polar surface area (TPSA) is 78.4 Å². The normalized spacial score (nSPS) is 16.0. The molecule has 1 heterocycles. The summed E-state index contributed by atoms with van der Waals surface area (Å²) in [6.07, 6.45) is 2.20. The Bertz CT molecular complexity index is 331. The molecule has 1 aliphatic rings. The highest BCUT2D eigenvalue weighted by Crippen LogP contribution is 2.10. The number of rotatable bonds is 6. The van der Waals surface area contributed by atoms with Gasteiger partial charge in [0.25, 0.3) is 0 Å². The van der Waals surface area contributed by atoms with Gasteiger partial charge in [-0.15, -0.1) is 0 Å². The maximum atomic E-state index is 11.8. The molecule has 96 valence electrons. The zero-order valence-electron chi connectivity index (χ0n) is 10.4. The summed E-state index contributed by atoms with van der Waals surface area (Å²) in [5.74, 6) is -1.22. The molecule has 1 atom stereocenters. The van der Waals surface area contributed by atoms with Crippen LogP contribution in [0.2, 0.25) is 0 Å². The van der Waals surface area contributed by atoms with Crippen LogP contribution in [0.25, 0.3) is 0 Å². The number of carbonyl (C=O) groups excluding carboxylic acids is 1. The Morgan fingerprint density at radius 1 is 1.47 bits per heavy atom. The van der Waals surface area contributed by atoms with Crippen LogP contribution in [0.5, 0.6) is 0 Å². The third-order valence-electron chi connectivity index (χ3n) is 3.00. The Kier molecular flexibility index (Phi) is 5.15. The standard InChI is InChI=1S/C12H20N2O3/c1-3-4-5-10(12(16)17)14-11(15)8(2)9-6-13-7-9/h10,13H,3-7H2,1-2H3,(H,14,15)(H,16,17)/t10-/m0/s1. The molecule has 0 aromatic rings. The number of carboxylic acids is 1. The first-order chi connectivity index (χ1) is 8.06. The van der Waals surface area contributed by atoms with Crippen LogP contribution in [0.3, 0.4) is 0 Å². The first kappa shape index (κ1) is 13.7. The Labute approximate surface area is 101 Å². The van der Waals surface area contributed by atoms with Gasteiger partial charge in [-0.05, 0) is 18.9 Å². The van der Waals surface area contributed by atoms with Gasteiger partial charge in [0.1, 0.15) is 6.04 Å². The molecule has 0 spiro atoms. The minimum Gasteiger partial charge on any atom is -0.480 e. The van der Waals surface area contributed by atoms with Crippen LogP contribution in [-0.4, -0.2) is 36.1 Å². The molecule has 1 fully saturated rings. The molecule has 1 saturated heterocycles. The van der Waals surface area contributed by atoms with Gasteiger partial charge < -0.3 is 15.7 Å². The molecule has 0 aromatic heterocycles. The van der Waals surface area contributed by atoms with Crippen molar-refractivity contribution >= 4 is 11.9 Å². The van der Waals surface area contributed by atoms with Crippen LogP contribution in [0.15, 0.2) is 11.1 Å². The highest BCUT2D eigenvalue weighted by atomic mass is 16.4. The average Bonchev–Trinajstić information content (AvgIpc) is 2.20. The van der Waals surface area contributed by atoms with E-state index in [2.05, 4.69) is 10.6 Å². The summed E-state index contributed by atoms with van der Waals surface area (Å²) in [6, 6.07) is -0.772. The number of hydrogen-bond donors (Lipinski definition) is 3. The third-order valence-corrected chi connectivity index (χ3v) is 3.00. The van der Waals surface area contributed by atoms with Gasteiger partial charge in [-0.2, -0.15) is 0 Å². The molecule has 5 heteroatoms. The van der Waals surface area contributed by atoms with Crippen molar-refractivity contribution in [2.45, 2.75) is 39.2 Å². The van der Waals surface area contributed by atoms with Crippen LogP contribution >= 0.6 is 0 Å². The summed E-state index contributed by atoms with van der Waals surface area (Å²) in [5.41, 5.74) is 1.70. The Balaban J connectivity index is 2.54. The SMILES string of the molecule is CCCC[C@H](NC(=O)C(C)=C1CNC1)C(=O)O. The fourth-order valence-electron chi connectivity index (χ4n) is 1.61. The maximum Gasteiger partial charge on any atom is 0.326 e. The minimum atomic E-state index is -0.962. The lowest BCUT2D eigenvalue weighted by Gasteiger charge is -2.22. The first-order valence-corrected chi connectivity index (χ1v) is 5.99. The van der Waals surface area contributed by atoms with Gasteiger partial charge in [-0.3, -0.25) is 4.79 Å². The predicted molar refractivity (Wildman–Crippen MR) is 64.7 cm³/mol. The number of carboxylic acid groups (broad SMARTS) is 1. The van der Waals surface area contributed by atoms with E-state index in [9.17, 15) is 9.59 Å². The van der Waals surface area contributed by atoms with Crippen molar-refractivity contribution in [2.75, 3.05) is 13.1 Å². The van der Waals surface area contributed by atoms with Gasteiger partial charge in [0.05, 0.1) is 0 Å². The predicted octanol–water partition coefficient (Wildman–Crippen LogP) is 0.666. The number of amides is 1. The van der Waals surface area contributed by atoms with E-state index in [1.807, 2.05) is 6.92 Å². The number of hydrogen-bond acceptors (Lipinski definition) is 3. The fourth-order valence-corrected chi connectivity index (χ4v) is 1.61. The number of carbonyl (C=O) groups is 2. The molecule has 1 amide bonds. The Morgan fingerprint density at radius 2 is 2.12 bits per heavy atom. The van der Waals surface area contributed by atoms with Gasteiger partial charge in [0.15, 0.2) is 0 Å². The second-order valence-electron chi connectivity index (χ2n) is 4.34. The summed E-state index contributed by atoms with van der Waals surface area (Å²) in [6.45, 7) is 5.19. The van der Waals surface area contributed by atoms with Crippen molar-refractivity contribution < 1.29 is 14.7 Å². The molecule has 0 saturated carbocycles. The van der Waals surface area contributed by atoms with Crippen molar-refractivity contribution in [1.82, 2.24) is 10.6 Å². The van der Waals surface area contributed by atoms with E-state index in [4.69, 9.17) is 5.11 Å². The molecule has 0 bridgehead atoms. The zero-order chi connectivity index (χ0) is 12.8. The molecule has 0 aliphatic carbocycles. The van der Waals surface area contributed by atoms with Crippen LogP contribution in [0.1, 0.15) is 33.1 Å². The van der Waals surface area contributed by atoms with Crippen LogP contribution in [0, 0.1) is 0 Å². The molecule has 5 nitrogen and oxygen atoms in total. The van der Waals surface area contributed by atoms with Crippen molar-refractivity contribution in [3.8, 4) is 0 Å². The third kappa shape index (κ3) is 3.85. The minimum absolute atomic E-state index is 0.259. The molecule has 0 aromatic carbocycles. The second kappa shape index (κ2) is 6.39. The van der Waals surface area contributed by atoms with Crippen molar-refractivity contribution in [1.29, 1.82) is 0 Å². The fraction of sp³-hybridized carbons (Fsp3) is 0.667. The number of nitrogens with one attached hydrogen (secondary N) is 2. The number of unbranched alkanes of at least 4 members (excludes halogenated alkanes) is 1. The van der Waals surface area contributed by atoms with E-state index < -0.39 is 12.0 Å². The summed E-state index contributed by atoms with van der Waals surface area (Å²) < 4.78 is 0. The molecule has 0 unspecified atom stereocenters. The monoisotopic (exact) mass is 240 g/mol. The Hall–Kier alpha value is -1.36. The summed E-state index contributed by atoms with van der Waals surface area (Å²) >= 11 is 0. The molecular formula is C12H20N2O3. The quantitative estimate of drug-likeness (QED) is 0.596. The highest BCUT2D eigenvalue weighted by Gasteiger charge is 2.22. The molecule has 17 heavy (non-hydrogen) atoms. The highest BCUT2D eigenvalue weighted by molar-refractivity contribution is 5.96. The van der Waals surface area contributed by atoms with E-state index in [1.54, 1.807) is 6.92 Å². The van der Waals surface area contributed by atoms with E-state index >= 15 is 0 Å². The van der Waals surface area contributed by atoms with Crippen molar-refractivity contribution in [2.24, 2.45) is 0 Å². The summed E-state index contributed by atoms with van der Waals surface area (Å²) in [5, 5.41) is 14.6. The molecule has 0 radical (unpaired) electrons. The molecular weight excluding hydrogens is 220 g/mol.